The molecule has 0 spiro atoms. The SMILES string of the molecule is Cc1ccc(-c2cc(C(=O)NC[C@H]3CCOC3)on2)cc1. The Labute approximate surface area is 123 Å². The molecule has 1 aromatic carbocycles. The van der Waals surface area contributed by atoms with Crippen LogP contribution < -0.4 is 5.32 Å². The Balaban J connectivity index is 1.63. The van der Waals surface area contributed by atoms with Gasteiger partial charge in [-0.15, -0.1) is 0 Å². The molecule has 0 saturated carbocycles. The zero-order valence-electron chi connectivity index (χ0n) is 12.0. The number of hydrogen-bond donors (Lipinski definition) is 1. The lowest BCUT2D eigenvalue weighted by Crippen LogP contribution is -2.29. The van der Waals surface area contributed by atoms with E-state index in [0.717, 1.165) is 18.6 Å². The van der Waals surface area contributed by atoms with E-state index in [9.17, 15) is 4.79 Å². The number of ether oxygens (including phenoxy) is 1. The first-order valence-electron chi connectivity index (χ1n) is 7.12. The molecule has 1 fully saturated rings. The second-order valence-corrected chi connectivity index (χ2v) is 5.38. The van der Waals surface area contributed by atoms with Crippen molar-refractivity contribution in [2.45, 2.75) is 13.3 Å². The number of nitrogens with one attached hydrogen (secondary N) is 1. The van der Waals surface area contributed by atoms with Crippen molar-refractivity contribution >= 4 is 5.91 Å². The van der Waals surface area contributed by atoms with Gasteiger partial charge in [0.25, 0.3) is 5.91 Å². The van der Waals surface area contributed by atoms with Crippen LogP contribution in [0.4, 0.5) is 0 Å². The lowest BCUT2D eigenvalue weighted by atomic mass is 10.1. The normalized spacial score (nSPS) is 17.9. The predicted octanol–water partition coefficient (Wildman–Crippen LogP) is 2.42. The van der Waals surface area contributed by atoms with Gasteiger partial charge in [0.05, 0.1) is 6.61 Å². The molecule has 110 valence electrons. The minimum Gasteiger partial charge on any atom is -0.381 e. The average Bonchev–Trinajstić information content (AvgIpc) is 3.17. The van der Waals surface area contributed by atoms with Gasteiger partial charge >= 0.3 is 0 Å². The molecule has 1 aliphatic rings. The number of amides is 1. The molecule has 2 heterocycles. The van der Waals surface area contributed by atoms with Gasteiger partial charge in [0.15, 0.2) is 0 Å². The third kappa shape index (κ3) is 3.31. The molecule has 21 heavy (non-hydrogen) atoms. The van der Waals surface area contributed by atoms with Gasteiger partial charge in [-0.3, -0.25) is 4.79 Å². The maximum absolute atomic E-state index is 12.0. The quantitative estimate of drug-likeness (QED) is 0.937. The van der Waals surface area contributed by atoms with Crippen molar-refractivity contribution in [3.63, 3.8) is 0 Å². The fourth-order valence-corrected chi connectivity index (χ4v) is 2.31. The van der Waals surface area contributed by atoms with Crippen LogP contribution in [0.1, 0.15) is 22.5 Å². The van der Waals surface area contributed by atoms with E-state index < -0.39 is 0 Å². The molecule has 5 nitrogen and oxygen atoms in total. The van der Waals surface area contributed by atoms with Crippen LogP contribution in [0.25, 0.3) is 11.3 Å². The van der Waals surface area contributed by atoms with Crippen molar-refractivity contribution in [2.75, 3.05) is 19.8 Å². The summed E-state index contributed by atoms with van der Waals surface area (Å²) >= 11 is 0. The van der Waals surface area contributed by atoms with Gasteiger partial charge in [0.2, 0.25) is 5.76 Å². The number of aryl methyl sites for hydroxylation is 1. The smallest absolute Gasteiger partial charge is 0.289 e. The van der Waals surface area contributed by atoms with Crippen LogP contribution >= 0.6 is 0 Å². The van der Waals surface area contributed by atoms with E-state index in [2.05, 4.69) is 10.5 Å². The van der Waals surface area contributed by atoms with Gasteiger partial charge in [-0.05, 0) is 13.3 Å². The number of rotatable bonds is 4. The molecule has 1 aromatic heterocycles. The first-order valence-corrected chi connectivity index (χ1v) is 7.12. The maximum Gasteiger partial charge on any atom is 0.289 e. The van der Waals surface area contributed by atoms with Gasteiger partial charge in [-0.25, -0.2) is 0 Å². The highest BCUT2D eigenvalue weighted by molar-refractivity contribution is 5.92. The number of carbonyl (C=O) groups is 1. The number of carbonyl (C=O) groups excluding carboxylic acids is 1. The maximum atomic E-state index is 12.0. The first-order chi connectivity index (χ1) is 10.2. The molecular formula is C16H18N2O3. The van der Waals surface area contributed by atoms with E-state index >= 15 is 0 Å². The number of aromatic nitrogens is 1. The molecule has 3 rings (SSSR count). The zero-order chi connectivity index (χ0) is 14.7. The van der Waals surface area contributed by atoms with Crippen LogP contribution in [-0.4, -0.2) is 30.8 Å². The Morgan fingerprint density at radius 1 is 1.38 bits per heavy atom. The molecule has 0 radical (unpaired) electrons. The molecule has 0 bridgehead atoms. The standard InChI is InChI=1S/C16H18N2O3/c1-11-2-4-13(5-3-11)14-8-15(21-18-14)16(19)17-9-12-6-7-20-10-12/h2-5,8,12H,6-7,9-10H2,1H3,(H,17,19)/t12-/m1/s1. The Hall–Kier alpha value is -2.14. The number of hydrogen-bond acceptors (Lipinski definition) is 4. The molecule has 1 atom stereocenters. The van der Waals surface area contributed by atoms with Crippen molar-refractivity contribution in [1.82, 2.24) is 10.5 Å². The summed E-state index contributed by atoms with van der Waals surface area (Å²) in [5.74, 6) is 0.408. The van der Waals surface area contributed by atoms with Gasteiger partial charge in [0, 0.05) is 30.7 Å². The monoisotopic (exact) mass is 286 g/mol. The van der Waals surface area contributed by atoms with Crippen molar-refractivity contribution < 1.29 is 14.1 Å². The summed E-state index contributed by atoms with van der Waals surface area (Å²) in [5.41, 5.74) is 2.79. The van der Waals surface area contributed by atoms with Crippen LogP contribution in [0.15, 0.2) is 34.9 Å². The fraction of sp³-hybridized carbons (Fsp3) is 0.375. The second-order valence-electron chi connectivity index (χ2n) is 5.38. The van der Waals surface area contributed by atoms with Crippen molar-refractivity contribution in [2.24, 2.45) is 5.92 Å². The predicted molar refractivity (Wildman–Crippen MR) is 77.9 cm³/mol. The first kappa shape index (κ1) is 13.8. The van der Waals surface area contributed by atoms with Crippen molar-refractivity contribution in [3.8, 4) is 11.3 Å². The minimum absolute atomic E-state index is 0.229. The molecule has 5 heteroatoms. The summed E-state index contributed by atoms with van der Waals surface area (Å²) in [4.78, 5) is 12.0. The topological polar surface area (TPSA) is 64.4 Å². The summed E-state index contributed by atoms with van der Waals surface area (Å²) in [5, 5.41) is 6.82. The van der Waals surface area contributed by atoms with Crippen LogP contribution in [0, 0.1) is 12.8 Å². The number of benzene rings is 1. The fourth-order valence-electron chi connectivity index (χ4n) is 2.31. The molecular weight excluding hydrogens is 268 g/mol. The van der Waals surface area contributed by atoms with E-state index in [1.165, 1.54) is 5.56 Å². The Bertz CT molecular complexity index is 613. The highest BCUT2D eigenvalue weighted by Gasteiger charge is 2.19. The average molecular weight is 286 g/mol. The Morgan fingerprint density at radius 2 is 2.19 bits per heavy atom. The molecule has 2 aromatic rings. The minimum atomic E-state index is -0.229. The second kappa shape index (κ2) is 6.10. The summed E-state index contributed by atoms with van der Waals surface area (Å²) in [6, 6.07) is 9.61. The van der Waals surface area contributed by atoms with Gasteiger partial charge in [-0.2, -0.15) is 0 Å². The summed E-state index contributed by atoms with van der Waals surface area (Å²) in [6.45, 7) is 4.13. The third-order valence-corrected chi connectivity index (χ3v) is 3.66. The van der Waals surface area contributed by atoms with E-state index in [0.29, 0.717) is 24.8 Å². The molecule has 1 N–H and O–H groups in total. The third-order valence-electron chi connectivity index (χ3n) is 3.66. The summed E-state index contributed by atoms with van der Waals surface area (Å²) < 4.78 is 10.4. The summed E-state index contributed by atoms with van der Waals surface area (Å²) in [7, 11) is 0. The van der Waals surface area contributed by atoms with Crippen molar-refractivity contribution in [1.29, 1.82) is 0 Å². The highest BCUT2D eigenvalue weighted by Crippen LogP contribution is 2.19. The summed E-state index contributed by atoms with van der Waals surface area (Å²) in [6.07, 6.45) is 0.991. The van der Waals surface area contributed by atoms with E-state index in [1.54, 1.807) is 6.07 Å². The van der Waals surface area contributed by atoms with Gasteiger partial charge < -0.3 is 14.6 Å². The lowest BCUT2D eigenvalue weighted by Gasteiger charge is -2.07. The lowest BCUT2D eigenvalue weighted by molar-refractivity contribution is 0.0908. The molecule has 0 aliphatic carbocycles. The number of nitrogens with zero attached hydrogens (tertiary/aromatic N) is 1. The zero-order valence-corrected chi connectivity index (χ0v) is 12.0. The molecule has 1 aliphatic heterocycles. The van der Waals surface area contributed by atoms with E-state index in [-0.39, 0.29) is 11.7 Å². The highest BCUT2D eigenvalue weighted by atomic mass is 16.5. The Morgan fingerprint density at radius 3 is 2.90 bits per heavy atom. The van der Waals surface area contributed by atoms with E-state index in [1.807, 2.05) is 31.2 Å². The van der Waals surface area contributed by atoms with E-state index in [4.69, 9.17) is 9.26 Å². The van der Waals surface area contributed by atoms with Crippen LogP contribution in [0.2, 0.25) is 0 Å². The van der Waals surface area contributed by atoms with Gasteiger partial charge in [-0.1, -0.05) is 35.0 Å². The largest absolute Gasteiger partial charge is 0.381 e. The van der Waals surface area contributed by atoms with Gasteiger partial charge in [0.1, 0.15) is 5.69 Å². The van der Waals surface area contributed by atoms with Crippen molar-refractivity contribution in [3.05, 3.63) is 41.7 Å². The van der Waals surface area contributed by atoms with Crippen LogP contribution in [0.5, 0.6) is 0 Å². The van der Waals surface area contributed by atoms with Crippen LogP contribution in [0.3, 0.4) is 0 Å². The molecule has 0 unspecified atom stereocenters. The van der Waals surface area contributed by atoms with Crippen LogP contribution in [-0.2, 0) is 4.74 Å². The Kier molecular flexibility index (Phi) is 4.01. The molecule has 1 amide bonds. The molecule has 1 saturated heterocycles.